The number of hydrogen-bond acceptors (Lipinski definition) is 7. The highest BCUT2D eigenvalue weighted by atomic mass is 16.7. The molecule has 6 N–H and O–H groups in total. The van der Waals surface area contributed by atoms with Crippen LogP contribution in [0.2, 0.25) is 0 Å². The molecule has 30 heavy (non-hydrogen) atoms. The number of hydrogen-bond donors (Lipinski definition) is 5. The summed E-state index contributed by atoms with van der Waals surface area (Å²) in [7, 11) is -1.71. The Hall–Kier alpha value is -2.21. The highest BCUT2D eigenvalue weighted by molar-refractivity contribution is 6.43. The lowest BCUT2D eigenvalue weighted by atomic mass is 9.74. The molecule has 12 heteroatoms. The van der Waals surface area contributed by atoms with Gasteiger partial charge in [0, 0.05) is 24.3 Å². The minimum Gasteiger partial charge on any atom is -0.426 e. The summed E-state index contributed by atoms with van der Waals surface area (Å²) in [6, 6.07) is 0. The molecule has 0 saturated heterocycles. The molecule has 0 bridgehead atoms. The predicted molar refractivity (Wildman–Crippen MR) is 115 cm³/mol. The lowest BCUT2D eigenvalue weighted by Crippen LogP contribution is -2.49. The molecule has 0 unspecified atom stereocenters. The topological polar surface area (TPSA) is 180 Å². The van der Waals surface area contributed by atoms with Gasteiger partial charge in [-0.2, -0.15) is 0 Å². The first-order valence-corrected chi connectivity index (χ1v) is 10.2. The van der Waals surface area contributed by atoms with E-state index in [2.05, 4.69) is 10.3 Å². The van der Waals surface area contributed by atoms with Gasteiger partial charge in [0.05, 0.1) is 5.94 Å². The number of carbonyl (C=O) groups is 2. The number of aliphatic imine (C=N–C) groups is 1. The van der Waals surface area contributed by atoms with Gasteiger partial charge in [0.2, 0.25) is 5.91 Å². The minimum absolute atomic E-state index is 0.00887. The van der Waals surface area contributed by atoms with Crippen LogP contribution < -0.4 is 16.5 Å². The maximum absolute atomic E-state index is 12.8. The molecule has 0 aliphatic rings. The van der Waals surface area contributed by atoms with E-state index in [0.29, 0.717) is 25.7 Å². The van der Waals surface area contributed by atoms with Gasteiger partial charge < -0.3 is 21.1 Å². The van der Waals surface area contributed by atoms with Crippen molar-refractivity contribution in [1.82, 2.24) is 10.7 Å². The molecule has 0 radical (unpaired) electrons. The molecule has 0 aromatic carbocycles. The Bertz CT molecular complexity index is 612. The van der Waals surface area contributed by atoms with Crippen molar-refractivity contribution in [2.45, 2.75) is 72.7 Å². The van der Waals surface area contributed by atoms with Crippen molar-refractivity contribution in [1.29, 1.82) is 0 Å². The van der Waals surface area contributed by atoms with E-state index in [1.54, 1.807) is 5.43 Å². The largest absolute Gasteiger partial charge is 0.475 e. The van der Waals surface area contributed by atoms with Gasteiger partial charge >= 0.3 is 7.12 Å². The SMILES string of the molecule is CCC(C)(C)C(=O)C[C@@H](CCCN=C(N)N[N+](=O)[O-])C(=O)N[C@@H](CC(C)C)B(O)O. The van der Waals surface area contributed by atoms with E-state index in [1.807, 2.05) is 34.6 Å². The summed E-state index contributed by atoms with van der Waals surface area (Å²) in [5, 5.41) is 31.3. The fourth-order valence-electron chi connectivity index (χ4n) is 2.75. The number of guanidine groups is 1. The molecular weight excluding hydrogens is 393 g/mol. The number of Topliss-reactive ketones (excluding diaryl/α,β-unsaturated/α-hetero) is 1. The first-order valence-electron chi connectivity index (χ1n) is 10.2. The Morgan fingerprint density at radius 3 is 2.37 bits per heavy atom. The highest BCUT2D eigenvalue weighted by Crippen LogP contribution is 2.26. The smallest absolute Gasteiger partial charge is 0.426 e. The van der Waals surface area contributed by atoms with E-state index in [-0.39, 0.29) is 30.6 Å². The van der Waals surface area contributed by atoms with Crippen molar-refractivity contribution in [3.63, 3.8) is 0 Å². The Kier molecular flexibility index (Phi) is 12.2. The van der Waals surface area contributed by atoms with Crippen molar-refractivity contribution in [2.24, 2.45) is 28.0 Å². The maximum Gasteiger partial charge on any atom is 0.475 e. The lowest BCUT2D eigenvalue weighted by molar-refractivity contribution is -0.525. The summed E-state index contributed by atoms with van der Waals surface area (Å²) in [6.07, 6.45) is 1.67. The van der Waals surface area contributed by atoms with E-state index < -0.39 is 35.3 Å². The number of ketones is 1. The van der Waals surface area contributed by atoms with E-state index in [4.69, 9.17) is 5.73 Å². The summed E-state index contributed by atoms with van der Waals surface area (Å²) in [5.41, 5.74) is 6.51. The average Bonchev–Trinajstić information content (AvgIpc) is 2.62. The van der Waals surface area contributed by atoms with Crippen LogP contribution in [0, 0.1) is 27.4 Å². The van der Waals surface area contributed by atoms with Crippen LogP contribution in [-0.4, -0.2) is 52.3 Å². The van der Waals surface area contributed by atoms with Crippen LogP contribution in [0.4, 0.5) is 0 Å². The number of nitrogens with one attached hydrogen (secondary N) is 2. The fraction of sp³-hybridized carbons (Fsp3) is 0.833. The first-order chi connectivity index (χ1) is 13.8. The van der Waals surface area contributed by atoms with Crippen LogP contribution >= 0.6 is 0 Å². The minimum atomic E-state index is -1.71. The summed E-state index contributed by atoms with van der Waals surface area (Å²) in [4.78, 5) is 39.6. The molecule has 0 aromatic rings. The van der Waals surface area contributed by atoms with Crippen molar-refractivity contribution >= 4 is 24.8 Å². The molecule has 0 aliphatic carbocycles. The molecule has 1 amide bonds. The molecule has 2 atom stereocenters. The van der Waals surface area contributed by atoms with Crippen molar-refractivity contribution < 1.29 is 24.7 Å². The first kappa shape index (κ1) is 27.8. The normalized spacial score (nSPS) is 14.2. The molecule has 0 heterocycles. The predicted octanol–water partition coefficient (Wildman–Crippen LogP) is 0.417. The zero-order valence-electron chi connectivity index (χ0n) is 18.6. The van der Waals surface area contributed by atoms with Gasteiger partial charge in [-0.15, -0.1) is 0 Å². The van der Waals surface area contributed by atoms with Crippen LogP contribution in [0.5, 0.6) is 0 Å². The number of carbonyl (C=O) groups excluding carboxylic acids is 2. The standard InChI is InChI=1S/C18H36BN5O6/c1-6-18(4,5)14(25)11-13(8-7-9-21-17(20)23-24(29)30)16(26)22-15(19(27)28)10-12(2)3/h12-13,15,27-28H,6-11H2,1-5H3,(H,22,26)(H3,20,21,23)/t13-,15+/m1/s1. The van der Waals surface area contributed by atoms with Gasteiger partial charge in [-0.05, 0) is 31.6 Å². The third-order valence-electron chi connectivity index (χ3n) is 5.05. The number of nitro groups is 1. The Labute approximate surface area is 178 Å². The van der Waals surface area contributed by atoms with Crippen LogP contribution in [0.3, 0.4) is 0 Å². The van der Waals surface area contributed by atoms with E-state index in [0.717, 1.165) is 0 Å². The lowest BCUT2D eigenvalue weighted by Gasteiger charge is -2.26. The molecular formula is C18H36BN5O6. The Morgan fingerprint density at radius 1 is 1.30 bits per heavy atom. The summed E-state index contributed by atoms with van der Waals surface area (Å²) < 4.78 is 0. The zero-order valence-corrected chi connectivity index (χ0v) is 18.6. The summed E-state index contributed by atoms with van der Waals surface area (Å²) in [5.74, 6) is -2.24. The van der Waals surface area contributed by atoms with Crippen molar-refractivity contribution in [3.8, 4) is 0 Å². The maximum atomic E-state index is 12.8. The molecule has 0 rings (SSSR count). The van der Waals surface area contributed by atoms with Crippen LogP contribution in [-0.2, 0) is 9.59 Å². The number of rotatable bonds is 14. The van der Waals surface area contributed by atoms with Gasteiger partial charge in [-0.25, -0.2) is 15.1 Å². The molecule has 0 aromatic heterocycles. The van der Waals surface area contributed by atoms with Crippen LogP contribution in [0.25, 0.3) is 0 Å². The fourth-order valence-corrected chi connectivity index (χ4v) is 2.75. The molecule has 0 saturated carbocycles. The average molecular weight is 429 g/mol. The highest BCUT2D eigenvalue weighted by Gasteiger charge is 2.33. The van der Waals surface area contributed by atoms with Gasteiger partial charge in [0.25, 0.3) is 5.96 Å². The van der Waals surface area contributed by atoms with E-state index in [1.165, 1.54) is 0 Å². The molecule has 11 nitrogen and oxygen atoms in total. The Morgan fingerprint density at radius 2 is 1.90 bits per heavy atom. The van der Waals surface area contributed by atoms with Gasteiger partial charge in [0.15, 0.2) is 5.03 Å². The molecule has 0 fully saturated rings. The van der Waals surface area contributed by atoms with Crippen LogP contribution in [0.1, 0.15) is 66.7 Å². The Balaban J connectivity index is 5.20. The molecule has 172 valence electrons. The monoisotopic (exact) mass is 429 g/mol. The molecule has 0 aliphatic heterocycles. The quantitative estimate of drug-likeness (QED) is 0.0658. The van der Waals surface area contributed by atoms with Gasteiger partial charge in [0.1, 0.15) is 5.78 Å². The third-order valence-corrected chi connectivity index (χ3v) is 5.05. The second kappa shape index (κ2) is 13.2. The van der Waals surface area contributed by atoms with Crippen molar-refractivity contribution in [3.05, 3.63) is 10.1 Å². The van der Waals surface area contributed by atoms with Gasteiger partial charge in [-0.1, -0.05) is 40.0 Å². The van der Waals surface area contributed by atoms with E-state index in [9.17, 15) is 29.8 Å². The second-order valence-electron chi connectivity index (χ2n) is 8.50. The summed E-state index contributed by atoms with van der Waals surface area (Å²) in [6.45, 7) is 9.46. The summed E-state index contributed by atoms with van der Waals surface area (Å²) >= 11 is 0. The second-order valence-corrected chi connectivity index (χ2v) is 8.50. The molecule has 0 spiro atoms. The zero-order chi connectivity index (χ0) is 23.5. The number of nitrogens with zero attached hydrogens (tertiary/aromatic N) is 2. The van der Waals surface area contributed by atoms with Gasteiger partial charge in [-0.3, -0.25) is 9.59 Å². The number of hydrazine groups is 1. The van der Waals surface area contributed by atoms with E-state index >= 15 is 0 Å². The number of amides is 1. The third kappa shape index (κ3) is 11.1. The number of nitrogens with two attached hydrogens (primary N) is 1. The van der Waals surface area contributed by atoms with Crippen LogP contribution in [0.15, 0.2) is 4.99 Å². The van der Waals surface area contributed by atoms with Crippen molar-refractivity contribution in [2.75, 3.05) is 6.54 Å².